The van der Waals surface area contributed by atoms with Crippen molar-refractivity contribution in [1.82, 2.24) is 47.1 Å². The van der Waals surface area contributed by atoms with Crippen molar-refractivity contribution in [2.45, 2.75) is 131 Å². The Labute approximate surface area is 546 Å². The number of thioether (sulfide) groups is 1. The normalized spacial score (nSPS) is 21.1. The molecule has 91 heavy (non-hydrogen) atoms. The summed E-state index contributed by atoms with van der Waals surface area (Å²) >= 11 is 6.82. The van der Waals surface area contributed by atoms with Gasteiger partial charge in [0.2, 0.25) is 47.3 Å². The van der Waals surface area contributed by atoms with Gasteiger partial charge >= 0.3 is 22.4 Å². The van der Waals surface area contributed by atoms with Crippen molar-refractivity contribution in [2.24, 2.45) is 21.5 Å². The average molecular weight is 1390 g/mol. The first-order valence-corrected chi connectivity index (χ1v) is 31.5. The quantitative estimate of drug-likeness (QED) is 0.0109. The third kappa shape index (κ3) is 24.0. The van der Waals surface area contributed by atoms with Crippen molar-refractivity contribution >= 4 is 94.3 Å². The van der Waals surface area contributed by atoms with Gasteiger partial charge in [0, 0.05) is 56.0 Å². The van der Waals surface area contributed by atoms with Crippen LogP contribution in [0.25, 0.3) is 10.9 Å². The van der Waals surface area contributed by atoms with Crippen molar-refractivity contribution < 1.29 is 96.5 Å². The Morgan fingerprint density at radius 3 is 1.95 bits per heavy atom. The summed E-state index contributed by atoms with van der Waals surface area (Å²) in [5.74, 6) is -9.96. The molecule has 0 radical (unpaired) electrons. The van der Waals surface area contributed by atoms with E-state index in [1.165, 1.54) is 45.2 Å². The van der Waals surface area contributed by atoms with E-state index in [1.807, 2.05) is 18.2 Å². The van der Waals surface area contributed by atoms with Crippen LogP contribution < -0.4 is 58.9 Å². The van der Waals surface area contributed by atoms with E-state index in [1.54, 1.807) is 42.6 Å². The number of nitrogens with one attached hydrogen (secondary N) is 8. The average Bonchev–Trinajstić information content (AvgIpc) is 2.03. The van der Waals surface area contributed by atoms with Crippen LogP contribution in [0, 0.1) is 0 Å². The monoisotopic (exact) mass is 1390 g/mol. The van der Waals surface area contributed by atoms with Crippen LogP contribution in [0.2, 0.25) is 0 Å². The molecule has 1 aliphatic heterocycles. The maximum absolute atomic E-state index is 15.1. The van der Waals surface area contributed by atoms with Crippen LogP contribution in [0.5, 0.6) is 5.75 Å². The van der Waals surface area contributed by atoms with Gasteiger partial charge in [-0.3, -0.25) is 48.3 Å². The number of likely N-dealkylation sites (N-methyl/N-ethyl adjacent to an activating group) is 1. The number of aromatic hydroxyl groups is 1. The van der Waals surface area contributed by atoms with E-state index in [9.17, 15) is 64.5 Å². The first-order chi connectivity index (χ1) is 43.5. The zero-order chi connectivity index (χ0) is 67.3. The van der Waals surface area contributed by atoms with Crippen molar-refractivity contribution in [3.05, 3.63) is 102 Å². The van der Waals surface area contributed by atoms with Crippen molar-refractivity contribution in [1.29, 1.82) is 0 Å². The fourth-order valence-electron chi connectivity index (χ4n) is 9.41. The number of amides is 8. The number of aliphatic hydroxyl groups excluding tert-OH is 4. The van der Waals surface area contributed by atoms with Gasteiger partial charge in [0.15, 0.2) is 0 Å². The van der Waals surface area contributed by atoms with Gasteiger partial charge in [-0.05, 0) is 98.5 Å². The molecule has 0 unspecified atom stereocenters. The van der Waals surface area contributed by atoms with E-state index in [0.29, 0.717) is 29.5 Å². The Morgan fingerprint density at radius 1 is 0.736 bits per heavy atom. The predicted octanol–water partition coefficient (Wildman–Crippen LogP) is -5.23. The first-order valence-electron chi connectivity index (χ1n) is 29.0. The molecule has 2 heterocycles. The number of aromatic nitrogens is 1. The summed E-state index contributed by atoms with van der Waals surface area (Å²) in [7, 11) is 1.30. The summed E-state index contributed by atoms with van der Waals surface area (Å²) in [4.78, 5) is 126. The van der Waals surface area contributed by atoms with Crippen LogP contribution in [-0.2, 0) is 92.6 Å². The third-order valence-corrected chi connectivity index (χ3v) is 15.9. The minimum atomic E-state index is -1.80. The summed E-state index contributed by atoms with van der Waals surface area (Å²) in [6.07, 6.45) is -0.968. The number of benzene rings is 3. The second-order valence-corrected chi connectivity index (χ2v) is 22.9. The molecule has 8 amide bonds. The summed E-state index contributed by atoms with van der Waals surface area (Å²) in [5, 5.41) is 95.4. The number of hydrogen-bond acceptors (Lipinski definition) is 22. The third-order valence-electron chi connectivity index (χ3n) is 14.6. The zero-order valence-electron chi connectivity index (χ0n) is 50.3. The van der Waals surface area contributed by atoms with Gasteiger partial charge in [-0.25, -0.2) is 0 Å². The summed E-state index contributed by atoms with van der Waals surface area (Å²) in [6, 6.07) is 6.74. The molecule has 0 bridgehead atoms. The number of carbonyl (C=O) groups is 8. The number of aromatic amines is 1. The van der Waals surface area contributed by atoms with Crippen LogP contribution in [-0.4, -0.2) is 218 Å². The number of nitrogens with zero attached hydrogens (tertiary/aromatic N) is 3. The Kier molecular flexibility index (Phi) is 32.7. The number of aliphatic imine (C=N–C) groups is 2. The molecular formula is C59H80N13O16S2Tc. The SMILES string of the molecule is C[C@@H](O)[C@@H]1NC(=O)[C@H](CCCCN)NC(=O)[C@@H](Cc2c[nH]c3ccccc23)NC(=O)[C@H](Cc2ccc(O)cc2)NC(=O)[C@H](CCSCC(=O)NC[C@H](N)C([O-])=N[C@@H](CO)C([O-])=N[C@@H](C[S-])C(=O)N[C@H](CO)[C@@H](C)O)N(C)C(=O)[C@H](Cc2ccccc2)NC1=O.[O]=[99Tc+3]. The topological polar surface area (TPSA) is 481 Å². The van der Waals surface area contributed by atoms with Gasteiger partial charge in [-0.1, -0.05) is 60.7 Å². The van der Waals surface area contributed by atoms with Crippen molar-refractivity contribution in [2.75, 3.05) is 50.6 Å². The van der Waals surface area contributed by atoms with Gasteiger partial charge in [0.1, 0.15) is 48.0 Å². The number of H-pyrrole nitrogens is 1. The van der Waals surface area contributed by atoms with E-state index in [2.05, 4.69) is 52.2 Å². The van der Waals surface area contributed by atoms with E-state index in [-0.39, 0.29) is 55.9 Å². The number of hydrogen-bond donors (Lipinski definition) is 15. The first kappa shape index (κ1) is 76.1. The molecule has 1 aliphatic rings. The number of phenolic OH excluding ortho intramolecular Hbond substituents is 1. The van der Waals surface area contributed by atoms with E-state index in [0.717, 1.165) is 46.4 Å². The summed E-state index contributed by atoms with van der Waals surface area (Å²) in [5.41, 5.74) is 14.2. The molecule has 12 atom stereocenters. The number of aliphatic hydroxyl groups is 4. The molecule has 4 aromatic rings. The van der Waals surface area contributed by atoms with Crippen molar-refractivity contribution in [3.63, 3.8) is 0 Å². The zero-order valence-corrected chi connectivity index (χ0v) is 53.8. The second kappa shape index (κ2) is 39.1. The Bertz CT molecular complexity index is 3090. The predicted molar refractivity (Wildman–Crippen MR) is 331 cm³/mol. The van der Waals surface area contributed by atoms with E-state index in [4.69, 9.17) is 27.6 Å². The molecule has 29 nitrogen and oxygen atoms in total. The molecule has 32 heteroatoms. The number of fused-ring (bicyclic) bond motifs is 1. The number of rotatable bonds is 28. The minimum absolute atomic E-state index is 0.0198. The molecule has 0 aliphatic carbocycles. The Hall–Kier alpha value is -7.39. The van der Waals surface area contributed by atoms with Crippen LogP contribution >= 0.6 is 11.8 Å². The second-order valence-electron chi connectivity index (χ2n) is 21.5. The van der Waals surface area contributed by atoms with Gasteiger partial charge in [-0.2, -0.15) is 11.8 Å². The summed E-state index contributed by atoms with van der Waals surface area (Å²) in [6.45, 7) is 0.640. The molecule has 1 aromatic heterocycles. The molecular weight excluding hydrogens is 1310 g/mol. The van der Waals surface area contributed by atoms with Gasteiger partial charge in [0.05, 0.1) is 43.3 Å². The Balaban J connectivity index is 0.00000874. The Morgan fingerprint density at radius 2 is 1.32 bits per heavy atom. The molecule has 0 saturated carbocycles. The number of nitrogens with two attached hydrogens (primary N) is 2. The van der Waals surface area contributed by atoms with Gasteiger partial charge < -0.3 is 107 Å². The maximum atomic E-state index is 15.1. The molecule has 0 spiro atoms. The molecule has 5 rings (SSSR count). The molecule has 1 saturated heterocycles. The fourth-order valence-corrected chi connectivity index (χ4v) is 10.5. The number of unbranched alkanes of at least 4 members (excludes halogenated alkanes) is 1. The molecule has 17 N–H and O–H groups in total. The number of para-hydroxylation sites is 1. The van der Waals surface area contributed by atoms with Gasteiger partial charge in [0.25, 0.3) is 0 Å². The number of phenols is 1. The fraction of sp³-hybridized carbons (Fsp3) is 0.492. The van der Waals surface area contributed by atoms with Crippen LogP contribution in [0.3, 0.4) is 0 Å². The van der Waals surface area contributed by atoms with Crippen LogP contribution in [0.15, 0.2) is 95.0 Å². The molecule has 496 valence electrons. The van der Waals surface area contributed by atoms with Crippen LogP contribution in [0.1, 0.15) is 56.2 Å². The molecule has 1 fully saturated rings. The number of carbonyl (C=O) groups excluding carboxylic acids is 8. The van der Waals surface area contributed by atoms with E-state index < -0.39 is 157 Å². The standard InChI is InChI=1S/C59H83N13O15S2.O.Tc/c1-32(75)45(28-73)68-56(84)47(30-88)70-55(83)46(29-74)69-51(79)39(61)27-63-49(78)31-89-22-20-48-57(85)66-42(23-35-16-18-37(77)19-17-35)53(81)65-43(25-36-26-62-40-14-8-7-13-38(36)40)54(82)64-41(15-9-10-21-60)52(80)71-50(33(2)76)58(86)67-44(59(87)72(48)3)24-34-11-5-4-6-12-34;;/h4-8,11-14,16-19,26,32-33,39,41-48,50,62,73-77,88H,9-10,15,20-25,27-31,60-61H2,1-3H3,(H,63,78)(H,64,82)(H,65,81)(H,66,85)(H,67,86)(H,68,84)(H,69,79)(H,70,83)(H,71,80);;/q;;+3/p-3/t32-,33-,39+,41+,42+,43-,44+,45-,46+,47+,48+,50+;;/m1../s1/i;;1+1. The molecule has 3 aromatic carbocycles. The van der Waals surface area contributed by atoms with Crippen LogP contribution in [0.4, 0.5) is 0 Å². The van der Waals surface area contributed by atoms with E-state index >= 15 is 9.59 Å². The summed E-state index contributed by atoms with van der Waals surface area (Å²) < 4.78 is 8.22. The van der Waals surface area contributed by atoms with Gasteiger partial charge in [-0.15, -0.1) is 5.75 Å². The van der Waals surface area contributed by atoms with Crippen molar-refractivity contribution in [3.8, 4) is 5.75 Å².